The van der Waals surface area contributed by atoms with Gasteiger partial charge in [0, 0.05) is 24.9 Å². The molecule has 1 heterocycles. The van der Waals surface area contributed by atoms with Gasteiger partial charge in [-0.15, -0.1) is 0 Å². The summed E-state index contributed by atoms with van der Waals surface area (Å²) in [5, 5.41) is 0. The first kappa shape index (κ1) is 14.4. The van der Waals surface area contributed by atoms with Gasteiger partial charge < -0.3 is 0 Å². The molecule has 0 bridgehead atoms. The highest BCUT2D eigenvalue weighted by Gasteiger charge is 2.27. The number of hydrogen-bond donors (Lipinski definition) is 0. The lowest BCUT2D eigenvalue weighted by Gasteiger charge is -2.20. The third-order valence-corrected chi connectivity index (χ3v) is 3.40. The Balaban J connectivity index is 2.50. The minimum absolute atomic E-state index is 0.000968. The van der Waals surface area contributed by atoms with Crippen LogP contribution >= 0.6 is 0 Å². The smallest absolute Gasteiger partial charge is 0.228 e. The van der Waals surface area contributed by atoms with Gasteiger partial charge in [-0.1, -0.05) is 26.0 Å². The fourth-order valence-electron chi connectivity index (χ4n) is 2.44. The molecule has 1 amide bonds. The fraction of sp³-hybridized carbons (Fsp3) is 0.375. The average Bonchev–Trinajstić information content (AvgIpc) is 2.81. The summed E-state index contributed by atoms with van der Waals surface area (Å²) in [4.78, 5) is 17.3. The third kappa shape index (κ3) is 2.38. The summed E-state index contributed by atoms with van der Waals surface area (Å²) < 4.78 is 14.6. The maximum Gasteiger partial charge on any atom is 0.228 e. The Morgan fingerprint density at radius 3 is 2.70 bits per heavy atom. The molecule has 20 heavy (non-hydrogen) atoms. The summed E-state index contributed by atoms with van der Waals surface area (Å²) >= 11 is 0. The molecule has 1 aromatic rings. The van der Waals surface area contributed by atoms with Gasteiger partial charge in [-0.2, -0.15) is 0 Å². The van der Waals surface area contributed by atoms with E-state index in [1.807, 2.05) is 6.07 Å². The molecule has 106 valence electrons. The Hall–Kier alpha value is -1.97. The van der Waals surface area contributed by atoms with E-state index in [4.69, 9.17) is 0 Å². The molecule has 0 aromatic heterocycles. The van der Waals surface area contributed by atoms with Crippen molar-refractivity contribution in [2.45, 2.75) is 33.7 Å². The van der Waals surface area contributed by atoms with Gasteiger partial charge >= 0.3 is 0 Å². The maximum absolute atomic E-state index is 14.6. The Labute approximate surface area is 118 Å². The normalized spacial score (nSPS) is 17.0. The van der Waals surface area contributed by atoms with Gasteiger partial charge in [0.05, 0.1) is 11.7 Å². The van der Waals surface area contributed by atoms with E-state index in [1.165, 1.54) is 11.8 Å². The van der Waals surface area contributed by atoms with Crippen molar-refractivity contribution in [2.24, 2.45) is 10.9 Å². The second-order valence-corrected chi connectivity index (χ2v) is 5.24. The molecule has 2 rings (SSSR count). The molecular formula is C16H19FN2O. The molecule has 0 saturated carbocycles. The number of allylic oxidation sites excluding steroid dienone is 1. The molecule has 3 nitrogen and oxygen atoms in total. The molecule has 1 unspecified atom stereocenters. The molecule has 4 heteroatoms. The number of anilines is 1. The second kappa shape index (κ2) is 5.57. The Bertz CT molecular complexity index is 590. The van der Waals surface area contributed by atoms with E-state index in [0.717, 1.165) is 5.56 Å². The number of aliphatic imine (C=N–C) groups is 1. The molecule has 1 atom stereocenters. The summed E-state index contributed by atoms with van der Waals surface area (Å²) in [6.45, 7) is 7.32. The van der Waals surface area contributed by atoms with Gasteiger partial charge in [-0.3, -0.25) is 14.7 Å². The summed E-state index contributed by atoms with van der Waals surface area (Å²) in [6.07, 6.45) is 4.85. The summed E-state index contributed by atoms with van der Waals surface area (Å²) in [5.74, 6) is -0.294. The number of fused-ring (bicyclic) bond motifs is 1. The summed E-state index contributed by atoms with van der Waals surface area (Å²) in [6, 6.07) is 3.52. The standard InChI is InChI=1S/C16H19FN2O/c1-5-8-19(11(4)20)14-7-6-12-13(15(14)17)9-18-16(12)10(2)3/h5-10,16H,1-4H3/b8-5-. The molecular weight excluding hydrogens is 255 g/mol. The van der Waals surface area contributed by atoms with E-state index in [1.54, 1.807) is 31.5 Å². The molecule has 1 aromatic carbocycles. The lowest BCUT2D eigenvalue weighted by atomic mass is 9.95. The number of benzene rings is 1. The molecule has 0 aliphatic carbocycles. The van der Waals surface area contributed by atoms with Crippen LogP contribution < -0.4 is 4.90 Å². The first-order valence-corrected chi connectivity index (χ1v) is 6.75. The van der Waals surface area contributed by atoms with Gasteiger partial charge in [0.1, 0.15) is 0 Å². The number of carbonyl (C=O) groups excluding carboxylic acids is 1. The minimum Gasteiger partial charge on any atom is -0.285 e. The monoisotopic (exact) mass is 274 g/mol. The minimum atomic E-state index is -0.386. The van der Waals surface area contributed by atoms with Gasteiger partial charge in [-0.05, 0) is 24.5 Å². The molecule has 0 N–H and O–H groups in total. The van der Waals surface area contributed by atoms with Crippen molar-refractivity contribution in [1.82, 2.24) is 0 Å². The first-order valence-electron chi connectivity index (χ1n) is 6.75. The maximum atomic E-state index is 14.6. The van der Waals surface area contributed by atoms with E-state index >= 15 is 0 Å². The molecule has 0 radical (unpaired) electrons. The van der Waals surface area contributed by atoms with E-state index in [9.17, 15) is 9.18 Å². The lowest BCUT2D eigenvalue weighted by Crippen LogP contribution is -2.23. The number of hydrogen-bond acceptors (Lipinski definition) is 2. The van der Waals surface area contributed by atoms with Crippen LogP contribution in [-0.2, 0) is 4.79 Å². The van der Waals surface area contributed by atoms with Crippen LogP contribution in [0.5, 0.6) is 0 Å². The van der Waals surface area contributed by atoms with Crippen LogP contribution in [0, 0.1) is 11.7 Å². The number of rotatable bonds is 3. The summed E-state index contributed by atoms with van der Waals surface area (Å²) in [5.41, 5.74) is 1.66. The zero-order valence-corrected chi connectivity index (χ0v) is 12.2. The van der Waals surface area contributed by atoms with Gasteiger partial charge in [0.15, 0.2) is 5.82 Å². The van der Waals surface area contributed by atoms with Crippen LogP contribution in [-0.4, -0.2) is 12.1 Å². The van der Waals surface area contributed by atoms with Crippen LogP contribution in [0.25, 0.3) is 0 Å². The predicted molar refractivity (Wildman–Crippen MR) is 79.5 cm³/mol. The Morgan fingerprint density at radius 1 is 1.45 bits per heavy atom. The van der Waals surface area contributed by atoms with Crippen molar-refractivity contribution in [3.8, 4) is 0 Å². The molecule has 1 aliphatic heterocycles. The van der Waals surface area contributed by atoms with Crippen molar-refractivity contribution in [2.75, 3.05) is 4.90 Å². The van der Waals surface area contributed by atoms with Crippen LogP contribution in [0.1, 0.15) is 44.9 Å². The molecule has 0 fully saturated rings. The largest absolute Gasteiger partial charge is 0.285 e. The number of nitrogens with zero attached hydrogens (tertiary/aromatic N) is 2. The van der Waals surface area contributed by atoms with Crippen LogP contribution in [0.15, 0.2) is 29.4 Å². The van der Waals surface area contributed by atoms with Crippen molar-refractivity contribution in [3.63, 3.8) is 0 Å². The van der Waals surface area contributed by atoms with Crippen LogP contribution in [0.2, 0.25) is 0 Å². The number of carbonyl (C=O) groups is 1. The number of amides is 1. The molecule has 1 aliphatic rings. The van der Waals surface area contributed by atoms with Gasteiger partial charge in [0.25, 0.3) is 0 Å². The van der Waals surface area contributed by atoms with Crippen molar-refractivity contribution >= 4 is 17.8 Å². The highest BCUT2D eigenvalue weighted by Crippen LogP contribution is 2.36. The summed E-state index contributed by atoms with van der Waals surface area (Å²) in [7, 11) is 0. The molecule has 0 saturated heterocycles. The third-order valence-electron chi connectivity index (χ3n) is 3.40. The topological polar surface area (TPSA) is 32.7 Å². The Kier molecular flexibility index (Phi) is 4.02. The highest BCUT2D eigenvalue weighted by atomic mass is 19.1. The van der Waals surface area contributed by atoms with Gasteiger partial charge in [0.2, 0.25) is 5.91 Å². The lowest BCUT2D eigenvalue weighted by molar-refractivity contribution is -0.116. The second-order valence-electron chi connectivity index (χ2n) is 5.24. The van der Waals surface area contributed by atoms with Crippen molar-refractivity contribution in [1.29, 1.82) is 0 Å². The number of halogens is 1. The fourth-order valence-corrected chi connectivity index (χ4v) is 2.44. The first-order chi connectivity index (χ1) is 9.47. The zero-order chi connectivity index (χ0) is 14.9. The van der Waals surface area contributed by atoms with Crippen LogP contribution in [0.3, 0.4) is 0 Å². The average molecular weight is 274 g/mol. The molecule has 0 spiro atoms. The van der Waals surface area contributed by atoms with Crippen molar-refractivity contribution in [3.05, 3.63) is 41.4 Å². The quantitative estimate of drug-likeness (QED) is 0.824. The zero-order valence-electron chi connectivity index (χ0n) is 12.2. The van der Waals surface area contributed by atoms with Crippen LogP contribution in [0.4, 0.5) is 10.1 Å². The predicted octanol–water partition coefficient (Wildman–Crippen LogP) is 3.84. The van der Waals surface area contributed by atoms with E-state index in [0.29, 0.717) is 11.5 Å². The van der Waals surface area contributed by atoms with E-state index in [2.05, 4.69) is 18.8 Å². The Morgan fingerprint density at radius 2 is 2.15 bits per heavy atom. The van der Waals surface area contributed by atoms with E-state index in [-0.39, 0.29) is 23.5 Å². The van der Waals surface area contributed by atoms with Gasteiger partial charge in [-0.25, -0.2) is 4.39 Å². The SMILES string of the molecule is C/C=C\N(C(C)=O)c1ccc2c(c1F)C=NC2C(C)C. The van der Waals surface area contributed by atoms with Crippen molar-refractivity contribution < 1.29 is 9.18 Å². The van der Waals surface area contributed by atoms with E-state index < -0.39 is 0 Å². The highest BCUT2D eigenvalue weighted by molar-refractivity contribution is 5.96.